The summed E-state index contributed by atoms with van der Waals surface area (Å²) in [5.41, 5.74) is 0.534. The Hall–Kier alpha value is -3.17. The van der Waals surface area contributed by atoms with Crippen LogP contribution in [0, 0.1) is 0 Å². The number of hydrogen-bond donors (Lipinski definition) is 0. The van der Waals surface area contributed by atoms with Gasteiger partial charge in [-0.25, -0.2) is 4.79 Å². The number of carbonyl (C=O) groups excluding carboxylic acids is 1. The Morgan fingerprint density at radius 2 is 1.39 bits per heavy atom. The molecule has 134 valence electrons. The molecule has 0 aliphatic rings. The van der Waals surface area contributed by atoms with Crippen molar-refractivity contribution in [3.05, 3.63) is 101 Å². The molecule has 5 rings (SSSR count). The summed E-state index contributed by atoms with van der Waals surface area (Å²) < 4.78 is 6.89. The molecule has 5 aromatic carbocycles. The van der Waals surface area contributed by atoms with Crippen LogP contribution in [0.1, 0.15) is 10.4 Å². The van der Waals surface area contributed by atoms with Gasteiger partial charge in [0.2, 0.25) is 0 Å². The second-order valence-electron chi connectivity index (χ2n) is 6.72. The summed E-state index contributed by atoms with van der Waals surface area (Å²) in [5.74, 6) is 0.220. The summed E-state index contributed by atoms with van der Waals surface area (Å²) in [6, 6.07) is 29.7. The van der Waals surface area contributed by atoms with Crippen LogP contribution in [0.25, 0.3) is 32.3 Å². The van der Waals surface area contributed by atoms with Gasteiger partial charge in [0.15, 0.2) is 0 Å². The van der Waals surface area contributed by atoms with Crippen molar-refractivity contribution < 1.29 is 9.53 Å². The maximum Gasteiger partial charge on any atom is 0.343 e. The molecule has 0 aliphatic carbocycles. The first-order chi connectivity index (χ1) is 13.7. The fraction of sp³-hybridized carbons (Fsp3) is 0. The molecule has 0 saturated heterocycles. The normalized spacial score (nSPS) is 11.2. The SMILES string of the molecule is O=C(Oc1c2ccccc2cc2cccc(Br)c12)c1ccc2ccccc2c1. The molecule has 0 atom stereocenters. The van der Waals surface area contributed by atoms with Crippen LogP contribution in [-0.4, -0.2) is 5.97 Å². The van der Waals surface area contributed by atoms with Gasteiger partial charge < -0.3 is 4.74 Å². The fourth-order valence-corrected chi connectivity index (χ4v) is 4.17. The Balaban J connectivity index is 1.68. The van der Waals surface area contributed by atoms with E-state index in [-0.39, 0.29) is 5.97 Å². The molecule has 0 aliphatic heterocycles. The van der Waals surface area contributed by atoms with E-state index >= 15 is 0 Å². The van der Waals surface area contributed by atoms with Crippen molar-refractivity contribution in [1.82, 2.24) is 0 Å². The minimum atomic E-state index is -0.362. The summed E-state index contributed by atoms with van der Waals surface area (Å²) in [6.45, 7) is 0. The van der Waals surface area contributed by atoms with Crippen LogP contribution in [0.2, 0.25) is 0 Å². The maximum atomic E-state index is 13.0. The molecule has 0 unspecified atom stereocenters. The molecule has 28 heavy (non-hydrogen) atoms. The lowest BCUT2D eigenvalue weighted by atomic mass is 10.0. The van der Waals surface area contributed by atoms with Crippen molar-refractivity contribution in [3.8, 4) is 5.75 Å². The standard InChI is InChI=1S/C25H15BrO2/c26-22-11-5-9-19-15-18-8-3-4-10-21(18)24(23(19)22)28-25(27)20-13-12-16-6-1-2-7-17(16)14-20/h1-15H. The Morgan fingerprint density at radius 1 is 0.679 bits per heavy atom. The molecule has 5 aromatic rings. The highest BCUT2D eigenvalue weighted by Crippen LogP contribution is 2.39. The van der Waals surface area contributed by atoms with E-state index < -0.39 is 0 Å². The average Bonchev–Trinajstić information content (AvgIpc) is 2.73. The van der Waals surface area contributed by atoms with Crippen molar-refractivity contribution in [2.75, 3.05) is 0 Å². The van der Waals surface area contributed by atoms with Crippen LogP contribution >= 0.6 is 15.9 Å². The zero-order valence-electron chi connectivity index (χ0n) is 14.9. The van der Waals surface area contributed by atoms with E-state index in [1.165, 1.54) is 0 Å². The van der Waals surface area contributed by atoms with Crippen LogP contribution in [-0.2, 0) is 0 Å². The largest absolute Gasteiger partial charge is 0.422 e. The van der Waals surface area contributed by atoms with Crippen molar-refractivity contribution in [3.63, 3.8) is 0 Å². The molecule has 0 radical (unpaired) electrons. The van der Waals surface area contributed by atoms with E-state index in [1.807, 2.05) is 84.9 Å². The van der Waals surface area contributed by atoms with E-state index in [2.05, 4.69) is 22.0 Å². The summed E-state index contributed by atoms with van der Waals surface area (Å²) in [7, 11) is 0. The molecule has 2 nitrogen and oxygen atoms in total. The number of rotatable bonds is 2. The predicted octanol–water partition coefficient (Wildman–Crippen LogP) is 7.13. The van der Waals surface area contributed by atoms with Gasteiger partial charge in [-0.05, 0) is 45.8 Å². The van der Waals surface area contributed by atoms with Crippen LogP contribution < -0.4 is 4.74 Å². The third-order valence-electron chi connectivity index (χ3n) is 4.97. The maximum absolute atomic E-state index is 13.0. The van der Waals surface area contributed by atoms with E-state index in [9.17, 15) is 4.79 Å². The van der Waals surface area contributed by atoms with Gasteiger partial charge in [-0.3, -0.25) is 0 Å². The first-order valence-corrected chi connectivity index (χ1v) is 9.81. The second kappa shape index (κ2) is 6.77. The van der Waals surface area contributed by atoms with Crippen LogP contribution in [0.3, 0.4) is 0 Å². The average molecular weight is 427 g/mol. The fourth-order valence-electron chi connectivity index (χ4n) is 3.61. The van der Waals surface area contributed by atoms with Crippen LogP contribution in [0.4, 0.5) is 0 Å². The Labute approximate surface area is 170 Å². The first kappa shape index (κ1) is 17.0. The molecule has 0 bridgehead atoms. The topological polar surface area (TPSA) is 26.3 Å². The Bertz CT molecular complexity index is 1370. The highest BCUT2D eigenvalue weighted by atomic mass is 79.9. The number of carbonyl (C=O) groups is 1. The van der Waals surface area contributed by atoms with Gasteiger partial charge in [0.25, 0.3) is 0 Å². The Morgan fingerprint density at radius 3 is 2.25 bits per heavy atom. The van der Waals surface area contributed by atoms with Crippen LogP contribution in [0.5, 0.6) is 5.75 Å². The van der Waals surface area contributed by atoms with E-state index in [0.717, 1.165) is 36.8 Å². The minimum Gasteiger partial charge on any atom is -0.422 e. The number of ether oxygens (including phenoxy) is 1. The molecular formula is C25H15BrO2. The second-order valence-corrected chi connectivity index (χ2v) is 7.57. The van der Waals surface area contributed by atoms with Gasteiger partial charge in [0.1, 0.15) is 5.75 Å². The zero-order chi connectivity index (χ0) is 19.1. The number of esters is 1. The number of benzene rings is 5. The number of halogens is 1. The van der Waals surface area contributed by atoms with Crippen molar-refractivity contribution in [1.29, 1.82) is 0 Å². The zero-order valence-corrected chi connectivity index (χ0v) is 16.4. The lowest BCUT2D eigenvalue weighted by Crippen LogP contribution is -2.09. The van der Waals surface area contributed by atoms with Gasteiger partial charge in [-0.15, -0.1) is 0 Å². The summed E-state index contributed by atoms with van der Waals surface area (Å²) in [4.78, 5) is 13.0. The van der Waals surface area contributed by atoms with E-state index in [0.29, 0.717) is 11.3 Å². The molecule has 0 fully saturated rings. The van der Waals surface area contributed by atoms with E-state index in [4.69, 9.17) is 4.74 Å². The highest BCUT2D eigenvalue weighted by molar-refractivity contribution is 9.10. The van der Waals surface area contributed by atoms with E-state index in [1.54, 1.807) is 0 Å². The molecule has 0 aromatic heterocycles. The third kappa shape index (κ3) is 2.85. The predicted molar refractivity (Wildman–Crippen MR) is 118 cm³/mol. The third-order valence-corrected chi connectivity index (χ3v) is 5.63. The monoisotopic (exact) mass is 426 g/mol. The highest BCUT2D eigenvalue weighted by Gasteiger charge is 2.16. The molecular weight excluding hydrogens is 412 g/mol. The minimum absolute atomic E-state index is 0.362. The molecule has 0 spiro atoms. The van der Waals surface area contributed by atoms with Crippen molar-refractivity contribution in [2.45, 2.75) is 0 Å². The van der Waals surface area contributed by atoms with Crippen molar-refractivity contribution >= 4 is 54.2 Å². The molecule has 3 heteroatoms. The lowest BCUT2D eigenvalue weighted by Gasteiger charge is -2.13. The molecule has 0 heterocycles. The Kier molecular flexibility index (Phi) is 4.10. The molecule has 0 N–H and O–H groups in total. The molecule has 0 saturated carbocycles. The van der Waals surface area contributed by atoms with Gasteiger partial charge in [-0.2, -0.15) is 0 Å². The number of hydrogen-bond acceptors (Lipinski definition) is 2. The molecule has 0 amide bonds. The van der Waals surface area contributed by atoms with Crippen molar-refractivity contribution in [2.24, 2.45) is 0 Å². The van der Waals surface area contributed by atoms with Gasteiger partial charge in [0, 0.05) is 15.2 Å². The summed E-state index contributed by atoms with van der Waals surface area (Å²) in [5, 5.41) is 5.98. The van der Waals surface area contributed by atoms with Gasteiger partial charge in [0.05, 0.1) is 5.56 Å². The summed E-state index contributed by atoms with van der Waals surface area (Å²) >= 11 is 3.62. The lowest BCUT2D eigenvalue weighted by molar-refractivity contribution is 0.0739. The smallest absolute Gasteiger partial charge is 0.343 e. The van der Waals surface area contributed by atoms with Gasteiger partial charge in [-0.1, -0.05) is 82.7 Å². The summed E-state index contributed by atoms with van der Waals surface area (Å²) in [6.07, 6.45) is 0. The van der Waals surface area contributed by atoms with Gasteiger partial charge >= 0.3 is 5.97 Å². The quantitative estimate of drug-likeness (QED) is 0.170. The number of fused-ring (bicyclic) bond motifs is 3. The first-order valence-electron chi connectivity index (χ1n) is 9.02. The van der Waals surface area contributed by atoms with Crippen LogP contribution in [0.15, 0.2) is 95.5 Å².